The molecule has 0 saturated carbocycles. The van der Waals surface area contributed by atoms with Crippen molar-refractivity contribution in [2.75, 3.05) is 13.1 Å². The van der Waals surface area contributed by atoms with Crippen molar-refractivity contribution in [2.24, 2.45) is 12.8 Å². The van der Waals surface area contributed by atoms with Gasteiger partial charge >= 0.3 is 6.18 Å². The molecule has 1 unspecified atom stereocenters. The Hall–Kier alpha value is -4.07. The number of aryl methyl sites for hydroxylation is 1. The molecule has 4 aromatic rings. The van der Waals surface area contributed by atoms with E-state index in [-0.39, 0.29) is 63.0 Å². The number of nitrogens with two attached hydrogens (primary N) is 1. The number of hydrogen-bond acceptors (Lipinski definition) is 5. The second-order valence-corrected chi connectivity index (χ2v) is 10.4. The number of rotatable bonds is 4. The lowest BCUT2D eigenvalue weighted by molar-refractivity contribution is -0.137. The average Bonchev–Trinajstić information content (AvgIpc) is 3.39. The molecule has 3 heterocycles. The van der Waals surface area contributed by atoms with E-state index in [1.54, 1.807) is 0 Å². The number of primary amides is 1. The van der Waals surface area contributed by atoms with Gasteiger partial charge in [0, 0.05) is 47.2 Å². The lowest BCUT2D eigenvalue weighted by atomic mass is 9.82. The third kappa shape index (κ3) is 4.06. The fourth-order valence-corrected chi connectivity index (χ4v) is 5.95. The summed E-state index contributed by atoms with van der Waals surface area (Å²) < 4.78 is 73.4. The molecule has 0 radical (unpaired) electrons. The molecule has 1 atom stereocenters. The summed E-state index contributed by atoms with van der Waals surface area (Å²) in [5.41, 5.74) is 0.554. The summed E-state index contributed by atoms with van der Waals surface area (Å²) in [5, 5.41) is 21.3. The first-order chi connectivity index (χ1) is 19.2. The first-order valence-electron chi connectivity index (χ1n) is 12.1. The van der Waals surface area contributed by atoms with Gasteiger partial charge < -0.3 is 21.5 Å². The molecular weight excluding hydrogens is 573 g/mol. The number of alkyl halides is 3. The average molecular weight is 592 g/mol. The molecule has 2 amide bonds. The van der Waals surface area contributed by atoms with Crippen molar-refractivity contribution in [1.82, 2.24) is 20.4 Å². The van der Waals surface area contributed by atoms with Gasteiger partial charge in [-0.15, -0.1) is 0 Å². The van der Waals surface area contributed by atoms with E-state index in [1.165, 1.54) is 23.9 Å². The molecule has 1 saturated heterocycles. The van der Waals surface area contributed by atoms with Crippen LogP contribution < -0.4 is 16.4 Å². The van der Waals surface area contributed by atoms with E-state index >= 15 is 0 Å². The molecule has 3 aromatic carbocycles. The van der Waals surface area contributed by atoms with Gasteiger partial charge in [-0.1, -0.05) is 11.6 Å². The van der Waals surface area contributed by atoms with Gasteiger partial charge in [0.25, 0.3) is 5.91 Å². The number of hydrogen-bond donors (Lipinski definition) is 4. The molecule has 1 fully saturated rings. The quantitative estimate of drug-likeness (QED) is 0.268. The maximum atomic E-state index is 14.4. The minimum atomic E-state index is -5.17. The summed E-state index contributed by atoms with van der Waals surface area (Å²) in [6, 6.07) is 4.08. The predicted octanol–water partition coefficient (Wildman–Crippen LogP) is 3.91. The molecule has 14 heteroatoms. The number of aromatic nitrogens is 2. The highest BCUT2D eigenvalue weighted by atomic mass is 35.5. The first kappa shape index (κ1) is 27.1. The van der Waals surface area contributed by atoms with E-state index in [0.29, 0.717) is 6.07 Å². The van der Waals surface area contributed by atoms with Crippen molar-refractivity contribution in [3.05, 3.63) is 86.6 Å². The molecule has 5 N–H and O–H groups in total. The summed E-state index contributed by atoms with van der Waals surface area (Å²) in [5.74, 6) is -4.21. The number of benzene rings is 3. The Labute approximate surface area is 232 Å². The van der Waals surface area contributed by atoms with Crippen molar-refractivity contribution in [3.63, 3.8) is 0 Å². The van der Waals surface area contributed by atoms with Gasteiger partial charge in [0.1, 0.15) is 22.8 Å². The maximum absolute atomic E-state index is 14.4. The molecule has 0 spiro atoms. The van der Waals surface area contributed by atoms with Crippen molar-refractivity contribution in [3.8, 4) is 11.1 Å². The topological polar surface area (TPSA) is 122 Å². The molecule has 41 heavy (non-hydrogen) atoms. The zero-order chi connectivity index (χ0) is 29.6. The Morgan fingerprint density at radius 2 is 1.85 bits per heavy atom. The second kappa shape index (κ2) is 8.96. The van der Waals surface area contributed by atoms with Crippen molar-refractivity contribution in [1.29, 1.82) is 0 Å². The Morgan fingerprint density at radius 3 is 2.46 bits per heavy atom. The number of amides is 2. The number of nitrogens with one attached hydrogen (secondary N) is 2. The van der Waals surface area contributed by atoms with Crippen LogP contribution in [0.15, 0.2) is 36.4 Å². The monoisotopic (exact) mass is 591 g/mol. The van der Waals surface area contributed by atoms with Crippen molar-refractivity contribution >= 4 is 34.3 Å². The maximum Gasteiger partial charge on any atom is 0.417 e. The lowest BCUT2D eigenvalue weighted by Gasteiger charge is -2.37. The highest BCUT2D eigenvalue weighted by Crippen LogP contribution is 2.49. The van der Waals surface area contributed by atoms with E-state index in [9.17, 15) is 36.6 Å². The van der Waals surface area contributed by atoms with Gasteiger partial charge in [-0.3, -0.25) is 14.3 Å². The molecule has 1 aromatic heterocycles. The van der Waals surface area contributed by atoms with Crippen LogP contribution in [-0.4, -0.2) is 39.8 Å². The van der Waals surface area contributed by atoms with Gasteiger partial charge in [0.05, 0.1) is 28.4 Å². The van der Waals surface area contributed by atoms with Crippen LogP contribution in [0.2, 0.25) is 5.02 Å². The summed E-state index contributed by atoms with van der Waals surface area (Å²) in [4.78, 5) is 26.0. The molecular formula is C27H19ClF5N5O3. The highest BCUT2D eigenvalue weighted by Gasteiger charge is 2.45. The van der Waals surface area contributed by atoms with E-state index in [4.69, 9.17) is 17.3 Å². The van der Waals surface area contributed by atoms with E-state index in [2.05, 4.69) is 15.7 Å². The minimum absolute atomic E-state index is 0.00237. The minimum Gasteiger partial charge on any atom is -0.381 e. The fourth-order valence-electron chi connectivity index (χ4n) is 5.72. The number of β-amino-alcohol motifs (C(OH)–C–C–N with tert-alkyl or cyclic N) is 1. The van der Waals surface area contributed by atoms with E-state index in [0.717, 1.165) is 12.1 Å². The number of nitrogens with zero attached hydrogens (tertiary/aromatic N) is 2. The standard InChI is InChI=1S/C27H19ClF5N5O3/c1-38-23(26(41)8-35-9-26)15-7-13(18-14(24(34)39)5-11(30)6-16(18)27(31,32)33)19-20(22(15)37-38)25(40)36-21(19)12-4-10(29)2-3-17(12)28/h2-7,21,35,41H,8-9H2,1H3,(H2,34,39)(H,36,40). The zero-order valence-electron chi connectivity index (χ0n) is 21.0. The second-order valence-electron chi connectivity index (χ2n) is 10.0. The van der Waals surface area contributed by atoms with E-state index in [1.807, 2.05) is 0 Å². The van der Waals surface area contributed by atoms with Crippen LogP contribution >= 0.6 is 11.6 Å². The van der Waals surface area contributed by atoms with Gasteiger partial charge in [0.2, 0.25) is 5.91 Å². The number of halogens is 6. The van der Waals surface area contributed by atoms with Crippen LogP contribution in [0.25, 0.3) is 22.0 Å². The molecule has 2 aliphatic heterocycles. The van der Waals surface area contributed by atoms with Gasteiger partial charge in [0.15, 0.2) is 0 Å². The Kier molecular flexibility index (Phi) is 5.93. The van der Waals surface area contributed by atoms with E-state index < -0.39 is 58.0 Å². The third-order valence-electron chi connectivity index (χ3n) is 7.45. The molecule has 0 aliphatic carbocycles. The Morgan fingerprint density at radius 1 is 1.15 bits per heavy atom. The first-order valence-corrected chi connectivity index (χ1v) is 12.5. The number of aliphatic hydroxyl groups is 1. The summed E-state index contributed by atoms with van der Waals surface area (Å²) >= 11 is 6.35. The largest absolute Gasteiger partial charge is 0.417 e. The van der Waals surface area contributed by atoms with Crippen LogP contribution in [-0.2, 0) is 18.8 Å². The molecule has 2 aliphatic rings. The van der Waals surface area contributed by atoms with Gasteiger partial charge in [-0.05, 0) is 42.0 Å². The highest BCUT2D eigenvalue weighted by molar-refractivity contribution is 6.31. The van der Waals surface area contributed by atoms with Gasteiger partial charge in [-0.25, -0.2) is 8.78 Å². The molecule has 8 nitrogen and oxygen atoms in total. The van der Waals surface area contributed by atoms with Gasteiger partial charge in [-0.2, -0.15) is 18.3 Å². The number of carbonyl (C=O) groups is 2. The smallest absolute Gasteiger partial charge is 0.381 e. The van der Waals surface area contributed by atoms with Crippen molar-refractivity contribution < 1.29 is 36.6 Å². The molecule has 6 rings (SSSR count). The van der Waals surface area contributed by atoms with Crippen molar-refractivity contribution in [2.45, 2.75) is 17.8 Å². The Bertz CT molecular complexity index is 1820. The number of fused-ring (bicyclic) bond motifs is 3. The fraction of sp³-hybridized carbons (Fsp3) is 0.222. The van der Waals surface area contributed by atoms with Crippen LogP contribution in [0.3, 0.4) is 0 Å². The summed E-state index contributed by atoms with van der Waals surface area (Å²) in [7, 11) is 1.50. The summed E-state index contributed by atoms with van der Waals surface area (Å²) in [6.45, 7) is 0.192. The van der Waals surface area contributed by atoms with Crippen LogP contribution in [0, 0.1) is 11.6 Å². The zero-order valence-corrected chi connectivity index (χ0v) is 21.7. The Balaban J connectivity index is 1.81. The SMILES string of the molecule is Cn1nc2c3c(c(-c4c(C(N)=O)cc(F)cc4C(F)(F)F)cc2c1C1(O)CNC1)C(c1cc(F)ccc1Cl)NC3=O. The van der Waals surface area contributed by atoms with Crippen LogP contribution in [0.4, 0.5) is 22.0 Å². The lowest BCUT2D eigenvalue weighted by Crippen LogP contribution is -2.57. The van der Waals surface area contributed by atoms with Crippen LogP contribution in [0.5, 0.6) is 0 Å². The predicted molar refractivity (Wildman–Crippen MR) is 137 cm³/mol. The normalized spacial score (nSPS) is 17.9. The molecule has 0 bridgehead atoms. The third-order valence-corrected chi connectivity index (χ3v) is 7.79. The number of carbonyl (C=O) groups excluding carboxylic acids is 2. The molecule has 212 valence electrons. The van der Waals surface area contributed by atoms with Crippen LogP contribution in [0.1, 0.15) is 49.1 Å². The summed E-state index contributed by atoms with van der Waals surface area (Å²) in [6.07, 6.45) is -5.17.